The minimum atomic E-state index is -0.420. The highest BCUT2D eigenvalue weighted by Crippen LogP contribution is 2.24. The van der Waals surface area contributed by atoms with Gasteiger partial charge in [-0.15, -0.1) is 0 Å². The van der Waals surface area contributed by atoms with Crippen molar-refractivity contribution in [3.05, 3.63) is 56.9 Å². The van der Waals surface area contributed by atoms with Crippen molar-refractivity contribution >= 4 is 11.9 Å². The molecule has 0 saturated carbocycles. The van der Waals surface area contributed by atoms with Crippen LogP contribution in [0.5, 0.6) is 5.88 Å². The smallest absolute Gasteiger partial charge is 0.271 e. The number of nitrogens with zero attached hydrogens (tertiary/aromatic N) is 3. The Kier molecular flexibility index (Phi) is 16.8. The molecule has 1 aromatic heterocycles. The van der Waals surface area contributed by atoms with E-state index in [0.29, 0.717) is 17.7 Å². The van der Waals surface area contributed by atoms with Crippen molar-refractivity contribution in [1.29, 1.82) is 5.26 Å². The van der Waals surface area contributed by atoms with Crippen LogP contribution in [0.3, 0.4) is 0 Å². The van der Waals surface area contributed by atoms with Crippen LogP contribution in [0.4, 0.5) is 5.69 Å². The molecule has 0 spiro atoms. The molecule has 0 bridgehead atoms. The molecule has 0 aliphatic rings. The number of aromatic hydroxyl groups is 1. The van der Waals surface area contributed by atoms with E-state index in [1.807, 2.05) is 12.1 Å². The van der Waals surface area contributed by atoms with E-state index in [4.69, 9.17) is 0 Å². The second kappa shape index (κ2) is 20.1. The second-order valence-electron chi connectivity index (χ2n) is 11.7. The molecular weight excluding hydrogens is 506 g/mol. The standard InChI is InChI=1S/C36H55N3O2/c1-5-8-10-11-12-13-14-15-16-17-18-19-21-31-22-24-32(25-23-31)38-27-34-29(4)33(26-37)35(40)39(36(34)41)28-30(7-3)20-9-6-2/h22-25,27,30,41H,5-21,28H2,1-4H3/b38-27+. The Labute approximate surface area is 249 Å². The van der Waals surface area contributed by atoms with Crippen LogP contribution in [0.15, 0.2) is 34.1 Å². The maximum absolute atomic E-state index is 13.0. The first-order valence-electron chi connectivity index (χ1n) is 16.5. The molecule has 1 aromatic carbocycles. The molecule has 226 valence electrons. The zero-order valence-electron chi connectivity index (χ0n) is 26.4. The zero-order chi connectivity index (χ0) is 29.9. The van der Waals surface area contributed by atoms with Crippen LogP contribution in [0.2, 0.25) is 0 Å². The van der Waals surface area contributed by atoms with Gasteiger partial charge in [-0.05, 0) is 55.4 Å². The van der Waals surface area contributed by atoms with Gasteiger partial charge in [0.2, 0.25) is 5.88 Å². The van der Waals surface area contributed by atoms with Crippen molar-refractivity contribution < 1.29 is 5.11 Å². The zero-order valence-corrected chi connectivity index (χ0v) is 26.4. The summed E-state index contributed by atoms with van der Waals surface area (Å²) in [5.74, 6) is 0.170. The second-order valence-corrected chi connectivity index (χ2v) is 11.7. The van der Waals surface area contributed by atoms with Crippen molar-refractivity contribution in [2.24, 2.45) is 10.9 Å². The molecule has 5 heteroatoms. The van der Waals surface area contributed by atoms with Crippen LogP contribution >= 0.6 is 0 Å². The minimum absolute atomic E-state index is 0.0763. The predicted molar refractivity (Wildman–Crippen MR) is 174 cm³/mol. The Hall–Kier alpha value is -2.87. The number of aryl methyl sites for hydroxylation is 1. The van der Waals surface area contributed by atoms with Crippen LogP contribution in [0.25, 0.3) is 0 Å². The van der Waals surface area contributed by atoms with E-state index in [9.17, 15) is 15.2 Å². The Morgan fingerprint density at radius 1 is 0.878 bits per heavy atom. The molecule has 0 fully saturated rings. The number of hydrogen-bond donors (Lipinski definition) is 1. The SMILES string of the molecule is CCCCCCCCCCCCCCc1ccc(/N=C/c2c(C)c(C#N)c(=O)n(CC(CC)CCCC)c2O)cc1. The fourth-order valence-electron chi connectivity index (χ4n) is 5.53. The van der Waals surface area contributed by atoms with Crippen LogP contribution in [-0.2, 0) is 13.0 Å². The van der Waals surface area contributed by atoms with Crippen molar-refractivity contribution in [1.82, 2.24) is 4.57 Å². The fraction of sp³-hybridized carbons (Fsp3) is 0.639. The molecule has 0 radical (unpaired) electrons. The number of unbranched alkanes of at least 4 members (excludes halogenated alkanes) is 12. The highest BCUT2D eigenvalue weighted by Gasteiger charge is 2.20. The molecule has 2 rings (SSSR count). The van der Waals surface area contributed by atoms with Gasteiger partial charge in [0.15, 0.2) is 0 Å². The summed E-state index contributed by atoms with van der Waals surface area (Å²) in [6.07, 6.45) is 23.0. The topological polar surface area (TPSA) is 78.4 Å². The number of rotatable bonds is 21. The lowest BCUT2D eigenvalue weighted by Crippen LogP contribution is -2.28. The number of aromatic nitrogens is 1. The average Bonchev–Trinajstić information content (AvgIpc) is 2.98. The Morgan fingerprint density at radius 2 is 1.44 bits per heavy atom. The molecule has 0 amide bonds. The summed E-state index contributed by atoms with van der Waals surface area (Å²) in [4.78, 5) is 17.6. The van der Waals surface area contributed by atoms with Gasteiger partial charge in [-0.1, -0.05) is 123 Å². The quantitative estimate of drug-likeness (QED) is 0.122. The minimum Gasteiger partial charge on any atom is -0.494 e. The van der Waals surface area contributed by atoms with Gasteiger partial charge in [-0.25, -0.2) is 0 Å². The summed E-state index contributed by atoms with van der Waals surface area (Å²) >= 11 is 0. The first kappa shape index (κ1) is 34.3. The van der Waals surface area contributed by atoms with Crippen LogP contribution in [0, 0.1) is 24.2 Å². The lowest BCUT2D eigenvalue weighted by Gasteiger charge is -2.19. The van der Waals surface area contributed by atoms with Crippen molar-refractivity contribution in [2.45, 2.75) is 143 Å². The monoisotopic (exact) mass is 561 g/mol. The third kappa shape index (κ3) is 11.9. The van der Waals surface area contributed by atoms with Gasteiger partial charge in [0.25, 0.3) is 5.56 Å². The molecule has 41 heavy (non-hydrogen) atoms. The Bertz CT molecular complexity index is 1140. The third-order valence-corrected chi connectivity index (χ3v) is 8.43. The van der Waals surface area contributed by atoms with Crippen molar-refractivity contribution in [3.63, 3.8) is 0 Å². The molecule has 1 unspecified atom stereocenters. The van der Waals surface area contributed by atoms with E-state index < -0.39 is 5.56 Å². The number of pyridine rings is 1. The fourth-order valence-corrected chi connectivity index (χ4v) is 5.53. The third-order valence-electron chi connectivity index (χ3n) is 8.43. The highest BCUT2D eigenvalue weighted by molar-refractivity contribution is 5.87. The van der Waals surface area contributed by atoms with E-state index in [-0.39, 0.29) is 17.4 Å². The van der Waals surface area contributed by atoms with E-state index >= 15 is 0 Å². The van der Waals surface area contributed by atoms with Crippen LogP contribution in [-0.4, -0.2) is 15.9 Å². The van der Waals surface area contributed by atoms with E-state index in [0.717, 1.165) is 37.8 Å². The molecule has 0 aliphatic heterocycles. The van der Waals surface area contributed by atoms with Gasteiger partial charge in [-0.3, -0.25) is 14.4 Å². The van der Waals surface area contributed by atoms with E-state index in [1.165, 1.54) is 87.2 Å². The van der Waals surface area contributed by atoms with Gasteiger partial charge in [0.05, 0.1) is 11.3 Å². The molecule has 0 aliphatic carbocycles. The maximum Gasteiger partial charge on any atom is 0.271 e. The van der Waals surface area contributed by atoms with Crippen molar-refractivity contribution in [3.8, 4) is 11.9 Å². The van der Waals surface area contributed by atoms with Gasteiger partial charge in [0, 0.05) is 12.8 Å². The first-order valence-corrected chi connectivity index (χ1v) is 16.5. The molecule has 0 saturated heterocycles. The molecule has 1 heterocycles. The molecular formula is C36H55N3O2. The number of benzene rings is 1. The van der Waals surface area contributed by atoms with Gasteiger partial charge in [-0.2, -0.15) is 5.26 Å². The van der Waals surface area contributed by atoms with Gasteiger partial charge < -0.3 is 5.11 Å². The summed E-state index contributed by atoms with van der Waals surface area (Å²) < 4.78 is 1.37. The van der Waals surface area contributed by atoms with E-state index in [1.54, 1.807) is 13.1 Å². The number of nitriles is 1. The molecule has 2 aromatic rings. The van der Waals surface area contributed by atoms with Crippen LogP contribution in [0.1, 0.15) is 146 Å². The van der Waals surface area contributed by atoms with Gasteiger partial charge in [0.1, 0.15) is 11.6 Å². The largest absolute Gasteiger partial charge is 0.494 e. The average molecular weight is 562 g/mol. The Balaban J connectivity index is 1.90. The predicted octanol–water partition coefficient (Wildman–Crippen LogP) is 9.94. The summed E-state index contributed by atoms with van der Waals surface area (Å²) in [5.41, 5.74) is 2.66. The molecule has 1 N–H and O–H groups in total. The van der Waals surface area contributed by atoms with Crippen molar-refractivity contribution in [2.75, 3.05) is 0 Å². The summed E-state index contributed by atoms with van der Waals surface area (Å²) in [6, 6.07) is 10.3. The Morgan fingerprint density at radius 3 is 1.98 bits per heavy atom. The molecule has 1 atom stereocenters. The normalized spacial score (nSPS) is 12.2. The summed E-state index contributed by atoms with van der Waals surface area (Å²) in [7, 11) is 0. The molecule has 5 nitrogen and oxygen atoms in total. The van der Waals surface area contributed by atoms with Gasteiger partial charge >= 0.3 is 0 Å². The lowest BCUT2D eigenvalue weighted by atomic mass is 9.98. The summed E-state index contributed by atoms with van der Waals surface area (Å²) in [6.45, 7) is 8.64. The number of aliphatic imine (C=N–C) groups is 1. The number of hydrogen-bond acceptors (Lipinski definition) is 4. The summed E-state index contributed by atoms with van der Waals surface area (Å²) in [5, 5.41) is 20.7. The highest BCUT2D eigenvalue weighted by atomic mass is 16.3. The first-order chi connectivity index (χ1) is 20.0. The lowest BCUT2D eigenvalue weighted by molar-refractivity contribution is 0.339. The van der Waals surface area contributed by atoms with Crippen LogP contribution < -0.4 is 5.56 Å². The van der Waals surface area contributed by atoms with E-state index in [2.05, 4.69) is 44.0 Å². The maximum atomic E-state index is 13.0.